The SMILES string of the molecule is CCOCCOCc1cccc(NC(=O)C(C)C(N)c2ccccc2)c1C.Cl. The largest absolute Gasteiger partial charge is 0.379 e. The molecular weight excluding hydrogens is 376 g/mol. The first-order valence-corrected chi connectivity index (χ1v) is 9.40. The number of amides is 1. The molecule has 0 fully saturated rings. The van der Waals surface area contributed by atoms with Crippen LogP contribution in [0.5, 0.6) is 0 Å². The minimum atomic E-state index is -0.350. The Morgan fingerprint density at radius 2 is 1.75 bits per heavy atom. The normalized spacial score (nSPS) is 12.7. The van der Waals surface area contributed by atoms with Gasteiger partial charge in [0.25, 0.3) is 0 Å². The Bertz CT molecular complexity index is 725. The summed E-state index contributed by atoms with van der Waals surface area (Å²) in [6.45, 7) is 8.10. The quantitative estimate of drug-likeness (QED) is 0.578. The van der Waals surface area contributed by atoms with Gasteiger partial charge in [-0.15, -0.1) is 12.4 Å². The van der Waals surface area contributed by atoms with Gasteiger partial charge in [-0.3, -0.25) is 4.79 Å². The van der Waals surface area contributed by atoms with Crippen LogP contribution in [0, 0.1) is 12.8 Å². The Labute approximate surface area is 174 Å². The molecule has 6 heteroatoms. The van der Waals surface area contributed by atoms with Gasteiger partial charge in [0.1, 0.15) is 0 Å². The lowest BCUT2D eigenvalue weighted by atomic mass is 9.94. The lowest BCUT2D eigenvalue weighted by Crippen LogP contribution is -2.30. The van der Waals surface area contributed by atoms with Crippen LogP contribution in [-0.2, 0) is 20.9 Å². The number of nitrogens with one attached hydrogen (secondary N) is 1. The van der Waals surface area contributed by atoms with Gasteiger partial charge in [-0.05, 0) is 36.6 Å². The van der Waals surface area contributed by atoms with E-state index in [2.05, 4.69) is 5.32 Å². The van der Waals surface area contributed by atoms with Crippen molar-refractivity contribution >= 4 is 24.0 Å². The molecule has 28 heavy (non-hydrogen) atoms. The summed E-state index contributed by atoms with van der Waals surface area (Å²) in [5.41, 5.74) is 10.1. The Kier molecular flexibility index (Phi) is 10.8. The van der Waals surface area contributed by atoms with E-state index in [1.807, 2.05) is 69.3 Å². The Balaban J connectivity index is 0.00000392. The van der Waals surface area contributed by atoms with Crippen molar-refractivity contribution in [3.8, 4) is 0 Å². The van der Waals surface area contributed by atoms with Crippen LogP contribution < -0.4 is 11.1 Å². The first-order chi connectivity index (χ1) is 13.0. The van der Waals surface area contributed by atoms with E-state index < -0.39 is 0 Å². The number of benzene rings is 2. The van der Waals surface area contributed by atoms with E-state index >= 15 is 0 Å². The van der Waals surface area contributed by atoms with Crippen LogP contribution in [0.2, 0.25) is 0 Å². The highest BCUT2D eigenvalue weighted by Crippen LogP contribution is 2.24. The van der Waals surface area contributed by atoms with Crippen molar-refractivity contribution in [1.82, 2.24) is 0 Å². The second kappa shape index (κ2) is 12.5. The predicted octanol–water partition coefficient (Wildman–Crippen LogP) is 4.24. The molecule has 0 radical (unpaired) electrons. The molecule has 2 atom stereocenters. The molecule has 0 saturated heterocycles. The van der Waals surface area contributed by atoms with Crippen LogP contribution in [0.25, 0.3) is 0 Å². The molecule has 2 unspecified atom stereocenters. The molecule has 0 aliphatic rings. The van der Waals surface area contributed by atoms with Crippen molar-refractivity contribution in [2.75, 3.05) is 25.1 Å². The molecule has 2 rings (SSSR count). The molecule has 0 aliphatic heterocycles. The monoisotopic (exact) mass is 406 g/mol. The third-order valence-corrected chi connectivity index (χ3v) is 4.67. The zero-order valence-electron chi connectivity index (χ0n) is 16.8. The molecule has 2 aromatic rings. The molecule has 0 heterocycles. The second-order valence-corrected chi connectivity index (χ2v) is 6.55. The molecule has 0 aliphatic carbocycles. The van der Waals surface area contributed by atoms with Crippen LogP contribution >= 0.6 is 12.4 Å². The van der Waals surface area contributed by atoms with Gasteiger partial charge in [-0.1, -0.05) is 49.4 Å². The number of carbonyl (C=O) groups excluding carboxylic acids is 1. The van der Waals surface area contributed by atoms with Gasteiger partial charge in [0.2, 0.25) is 5.91 Å². The predicted molar refractivity (Wildman–Crippen MR) is 116 cm³/mol. The third-order valence-electron chi connectivity index (χ3n) is 4.67. The summed E-state index contributed by atoms with van der Waals surface area (Å²) >= 11 is 0. The maximum absolute atomic E-state index is 12.7. The molecule has 0 saturated carbocycles. The van der Waals surface area contributed by atoms with Crippen LogP contribution in [0.15, 0.2) is 48.5 Å². The summed E-state index contributed by atoms with van der Waals surface area (Å²) in [6, 6.07) is 15.2. The van der Waals surface area contributed by atoms with Crippen LogP contribution in [0.4, 0.5) is 5.69 Å². The minimum absolute atomic E-state index is 0. The molecule has 0 aromatic heterocycles. The van der Waals surface area contributed by atoms with E-state index in [1.54, 1.807) is 0 Å². The number of halogens is 1. The van der Waals surface area contributed by atoms with Gasteiger partial charge in [0.05, 0.1) is 25.7 Å². The Morgan fingerprint density at radius 3 is 2.43 bits per heavy atom. The molecule has 154 valence electrons. The van der Waals surface area contributed by atoms with Crippen molar-refractivity contribution in [3.63, 3.8) is 0 Å². The highest BCUT2D eigenvalue weighted by Gasteiger charge is 2.22. The zero-order valence-corrected chi connectivity index (χ0v) is 17.6. The molecule has 3 N–H and O–H groups in total. The molecule has 2 aromatic carbocycles. The fourth-order valence-electron chi connectivity index (χ4n) is 2.79. The molecule has 5 nitrogen and oxygen atoms in total. The average molecular weight is 407 g/mol. The van der Waals surface area contributed by atoms with Crippen LogP contribution in [0.1, 0.15) is 36.6 Å². The van der Waals surface area contributed by atoms with Crippen molar-refractivity contribution in [1.29, 1.82) is 0 Å². The maximum atomic E-state index is 12.7. The van der Waals surface area contributed by atoms with E-state index in [4.69, 9.17) is 15.2 Å². The zero-order chi connectivity index (χ0) is 19.6. The van der Waals surface area contributed by atoms with Gasteiger partial charge in [0.15, 0.2) is 0 Å². The molecule has 0 spiro atoms. The summed E-state index contributed by atoms with van der Waals surface area (Å²) in [5, 5.41) is 3.01. The Morgan fingerprint density at radius 1 is 1.07 bits per heavy atom. The second-order valence-electron chi connectivity index (χ2n) is 6.55. The lowest BCUT2D eigenvalue weighted by Gasteiger charge is -2.21. The number of hydrogen-bond donors (Lipinski definition) is 2. The highest BCUT2D eigenvalue weighted by atomic mass is 35.5. The van der Waals surface area contributed by atoms with Crippen molar-refractivity contribution in [3.05, 3.63) is 65.2 Å². The summed E-state index contributed by atoms with van der Waals surface area (Å²) in [5.74, 6) is -0.443. The minimum Gasteiger partial charge on any atom is -0.379 e. The number of carbonyl (C=O) groups is 1. The standard InChI is InChI=1S/C22H30N2O3.ClH/c1-4-26-13-14-27-15-19-11-8-12-20(16(19)2)24-22(25)17(3)21(23)18-9-6-5-7-10-18;/h5-12,17,21H,4,13-15,23H2,1-3H3,(H,24,25);1H. The first-order valence-electron chi connectivity index (χ1n) is 9.40. The Hall–Kier alpha value is -1.92. The summed E-state index contributed by atoms with van der Waals surface area (Å²) in [4.78, 5) is 12.7. The fourth-order valence-corrected chi connectivity index (χ4v) is 2.79. The van der Waals surface area contributed by atoms with E-state index in [0.29, 0.717) is 26.4 Å². The smallest absolute Gasteiger partial charge is 0.229 e. The van der Waals surface area contributed by atoms with Gasteiger partial charge in [-0.2, -0.15) is 0 Å². The number of anilines is 1. The topological polar surface area (TPSA) is 73.6 Å². The molecule has 0 bridgehead atoms. The molecular formula is C22H31ClN2O3. The van der Waals surface area contributed by atoms with E-state index in [0.717, 1.165) is 22.4 Å². The number of ether oxygens (including phenoxy) is 2. The third kappa shape index (κ3) is 6.91. The molecule has 1 amide bonds. The van der Waals surface area contributed by atoms with Gasteiger partial charge in [0, 0.05) is 18.3 Å². The number of rotatable bonds is 10. The van der Waals surface area contributed by atoms with E-state index in [-0.39, 0.29) is 30.3 Å². The van der Waals surface area contributed by atoms with Gasteiger partial charge in [-0.25, -0.2) is 0 Å². The van der Waals surface area contributed by atoms with Crippen molar-refractivity contribution in [2.45, 2.75) is 33.4 Å². The summed E-state index contributed by atoms with van der Waals surface area (Å²) in [6.07, 6.45) is 0. The van der Waals surface area contributed by atoms with Crippen molar-refractivity contribution < 1.29 is 14.3 Å². The van der Waals surface area contributed by atoms with Crippen LogP contribution in [0.3, 0.4) is 0 Å². The van der Waals surface area contributed by atoms with E-state index in [1.165, 1.54) is 0 Å². The highest BCUT2D eigenvalue weighted by molar-refractivity contribution is 5.93. The maximum Gasteiger partial charge on any atom is 0.229 e. The average Bonchev–Trinajstić information content (AvgIpc) is 2.69. The summed E-state index contributed by atoms with van der Waals surface area (Å²) < 4.78 is 10.9. The van der Waals surface area contributed by atoms with Crippen molar-refractivity contribution in [2.24, 2.45) is 11.7 Å². The van der Waals surface area contributed by atoms with Gasteiger partial charge < -0.3 is 20.5 Å². The van der Waals surface area contributed by atoms with Crippen LogP contribution in [-0.4, -0.2) is 25.7 Å². The first kappa shape index (κ1) is 24.1. The van der Waals surface area contributed by atoms with Gasteiger partial charge >= 0.3 is 0 Å². The summed E-state index contributed by atoms with van der Waals surface area (Å²) in [7, 11) is 0. The fraction of sp³-hybridized carbons (Fsp3) is 0.409. The number of nitrogens with two attached hydrogens (primary N) is 1. The lowest BCUT2D eigenvalue weighted by molar-refractivity contribution is -0.120. The van der Waals surface area contributed by atoms with E-state index in [9.17, 15) is 4.79 Å². The number of hydrogen-bond acceptors (Lipinski definition) is 4.